The highest BCUT2D eigenvalue weighted by molar-refractivity contribution is 6.06. The number of fused-ring (bicyclic) bond motifs is 1. The molecule has 0 bridgehead atoms. The predicted octanol–water partition coefficient (Wildman–Crippen LogP) is 3.27. The van der Waals surface area contributed by atoms with Crippen LogP contribution in [0.15, 0.2) is 48.7 Å². The SMILES string of the molecule is CCN(CC)C(=O)c1nc(C(=O)Nc2ccc(C(C)=O)cc2)n2ccccc12. The maximum atomic E-state index is 12.8. The fraction of sp³-hybridized carbons (Fsp3) is 0.238. The molecule has 1 N–H and O–H groups in total. The number of nitrogens with one attached hydrogen (secondary N) is 1. The fourth-order valence-corrected chi connectivity index (χ4v) is 2.99. The number of amides is 2. The van der Waals surface area contributed by atoms with Crippen molar-refractivity contribution in [2.75, 3.05) is 18.4 Å². The van der Waals surface area contributed by atoms with Crippen molar-refractivity contribution >= 4 is 28.8 Å². The number of benzene rings is 1. The van der Waals surface area contributed by atoms with Gasteiger partial charge in [0.25, 0.3) is 11.8 Å². The molecule has 0 aliphatic heterocycles. The molecule has 2 heterocycles. The van der Waals surface area contributed by atoms with Gasteiger partial charge in [-0.05, 0) is 57.2 Å². The van der Waals surface area contributed by atoms with Gasteiger partial charge in [0.15, 0.2) is 11.5 Å². The Hall–Kier alpha value is -3.48. The topological polar surface area (TPSA) is 83.8 Å². The molecule has 2 amide bonds. The summed E-state index contributed by atoms with van der Waals surface area (Å²) in [6, 6.07) is 12.0. The van der Waals surface area contributed by atoms with Gasteiger partial charge in [-0.1, -0.05) is 6.07 Å². The Labute approximate surface area is 163 Å². The lowest BCUT2D eigenvalue weighted by Gasteiger charge is -2.17. The normalized spacial score (nSPS) is 10.7. The van der Waals surface area contributed by atoms with Gasteiger partial charge in [-0.15, -0.1) is 0 Å². The summed E-state index contributed by atoms with van der Waals surface area (Å²) in [7, 11) is 0. The third-order valence-electron chi connectivity index (χ3n) is 4.55. The summed E-state index contributed by atoms with van der Waals surface area (Å²) in [5.41, 5.74) is 1.94. The second kappa shape index (κ2) is 8.04. The van der Waals surface area contributed by atoms with Gasteiger partial charge in [0.1, 0.15) is 0 Å². The third-order valence-corrected chi connectivity index (χ3v) is 4.55. The van der Waals surface area contributed by atoms with Crippen molar-refractivity contribution in [2.45, 2.75) is 20.8 Å². The summed E-state index contributed by atoms with van der Waals surface area (Å²) < 4.78 is 1.61. The minimum absolute atomic E-state index is 0.0447. The monoisotopic (exact) mass is 378 g/mol. The van der Waals surface area contributed by atoms with Gasteiger partial charge in [0.2, 0.25) is 5.82 Å². The molecule has 144 valence electrons. The van der Waals surface area contributed by atoms with E-state index in [1.807, 2.05) is 13.8 Å². The van der Waals surface area contributed by atoms with E-state index in [2.05, 4.69) is 10.3 Å². The van der Waals surface area contributed by atoms with Crippen LogP contribution in [0.2, 0.25) is 0 Å². The summed E-state index contributed by atoms with van der Waals surface area (Å²) in [5.74, 6) is -0.563. The number of hydrogen-bond acceptors (Lipinski definition) is 4. The largest absolute Gasteiger partial charge is 0.338 e. The molecule has 3 rings (SSSR count). The molecule has 0 saturated heterocycles. The average molecular weight is 378 g/mol. The van der Waals surface area contributed by atoms with Gasteiger partial charge >= 0.3 is 0 Å². The van der Waals surface area contributed by atoms with E-state index >= 15 is 0 Å². The summed E-state index contributed by atoms with van der Waals surface area (Å²) in [6.07, 6.45) is 1.70. The Morgan fingerprint density at radius 3 is 2.32 bits per heavy atom. The van der Waals surface area contributed by atoms with Crippen LogP contribution in [0.25, 0.3) is 5.52 Å². The summed E-state index contributed by atoms with van der Waals surface area (Å²) in [5, 5.41) is 2.77. The zero-order valence-electron chi connectivity index (χ0n) is 16.1. The van der Waals surface area contributed by atoms with Gasteiger partial charge in [-0.2, -0.15) is 0 Å². The number of hydrogen-bond donors (Lipinski definition) is 1. The van der Waals surface area contributed by atoms with Crippen molar-refractivity contribution in [1.29, 1.82) is 0 Å². The molecular formula is C21H22N4O3. The number of rotatable bonds is 6. The lowest BCUT2D eigenvalue weighted by molar-refractivity contribution is 0.0769. The molecule has 7 heteroatoms. The van der Waals surface area contributed by atoms with E-state index in [9.17, 15) is 14.4 Å². The predicted molar refractivity (Wildman–Crippen MR) is 107 cm³/mol. The standard InChI is InChI=1S/C21H22N4O3/c1-4-24(5-2)21(28)18-17-8-6-7-13-25(17)19(23-18)20(27)22-16-11-9-15(10-12-16)14(3)26/h6-13H,4-5H2,1-3H3,(H,22,27). The van der Waals surface area contributed by atoms with Crippen molar-refractivity contribution in [1.82, 2.24) is 14.3 Å². The molecule has 0 radical (unpaired) electrons. The van der Waals surface area contributed by atoms with E-state index in [0.717, 1.165) is 0 Å². The summed E-state index contributed by atoms with van der Waals surface area (Å²) in [4.78, 5) is 43.0. The molecule has 3 aromatic rings. The van der Waals surface area contributed by atoms with Gasteiger partial charge < -0.3 is 10.2 Å². The van der Waals surface area contributed by atoms with Crippen molar-refractivity contribution in [3.8, 4) is 0 Å². The zero-order valence-corrected chi connectivity index (χ0v) is 16.1. The second-order valence-electron chi connectivity index (χ2n) is 6.31. The minimum atomic E-state index is -0.435. The Morgan fingerprint density at radius 1 is 1.04 bits per heavy atom. The first-order valence-electron chi connectivity index (χ1n) is 9.15. The molecule has 2 aromatic heterocycles. The molecular weight excluding hydrogens is 356 g/mol. The lowest BCUT2D eigenvalue weighted by atomic mass is 10.1. The van der Waals surface area contributed by atoms with E-state index in [0.29, 0.717) is 29.9 Å². The fourth-order valence-electron chi connectivity index (χ4n) is 2.99. The van der Waals surface area contributed by atoms with E-state index in [1.165, 1.54) is 6.92 Å². The molecule has 0 spiro atoms. The molecule has 7 nitrogen and oxygen atoms in total. The summed E-state index contributed by atoms with van der Waals surface area (Å²) >= 11 is 0. The van der Waals surface area contributed by atoms with Crippen molar-refractivity contribution in [2.24, 2.45) is 0 Å². The van der Waals surface area contributed by atoms with Gasteiger partial charge in [-0.25, -0.2) is 4.98 Å². The second-order valence-corrected chi connectivity index (χ2v) is 6.31. The molecule has 1 aromatic carbocycles. The molecule has 28 heavy (non-hydrogen) atoms. The lowest BCUT2D eigenvalue weighted by Crippen LogP contribution is -2.31. The number of carbonyl (C=O) groups excluding carboxylic acids is 3. The number of carbonyl (C=O) groups is 3. The van der Waals surface area contributed by atoms with Crippen LogP contribution >= 0.6 is 0 Å². The van der Waals surface area contributed by atoms with Crippen LogP contribution in [-0.2, 0) is 0 Å². The van der Waals surface area contributed by atoms with Gasteiger partial charge in [-0.3, -0.25) is 18.8 Å². The molecule has 0 aliphatic carbocycles. The van der Waals surface area contributed by atoms with Gasteiger partial charge in [0, 0.05) is 30.5 Å². The number of aromatic nitrogens is 2. The maximum Gasteiger partial charge on any atom is 0.292 e. The maximum absolute atomic E-state index is 12.8. The summed E-state index contributed by atoms with van der Waals surface area (Å²) in [6.45, 7) is 6.41. The number of Topliss-reactive ketones (excluding diaryl/α,β-unsaturated/α-hetero) is 1. The van der Waals surface area contributed by atoms with Crippen molar-refractivity contribution in [3.05, 3.63) is 65.7 Å². The zero-order chi connectivity index (χ0) is 20.3. The Bertz CT molecular complexity index is 1030. The highest BCUT2D eigenvalue weighted by Gasteiger charge is 2.24. The average Bonchev–Trinajstić information content (AvgIpc) is 3.09. The Morgan fingerprint density at radius 2 is 1.71 bits per heavy atom. The van der Waals surface area contributed by atoms with Crippen LogP contribution in [0, 0.1) is 0 Å². The van der Waals surface area contributed by atoms with E-state index < -0.39 is 5.91 Å². The van der Waals surface area contributed by atoms with E-state index in [-0.39, 0.29) is 23.2 Å². The first-order chi connectivity index (χ1) is 13.5. The highest BCUT2D eigenvalue weighted by Crippen LogP contribution is 2.17. The van der Waals surface area contributed by atoms with Crippen LogP contribution in [0.5, 0.6) is 0 Å². The quantitative estimate of drug-likeness (QED) is 0.667. The number of nitrogens with zero attached hydrogens (tertiary/aromatic N) is 3. The van der Waals surface area contributed by atoms with Crippen LogP contribution in [-0.4, -0.2) is 45.0 Å². The molecule has 0 aliphatic rings. The number of ketones is 1. The number of anilines is 1. The first-order valence-corrected chi connectivity index (χ1v) is 9.15. The first kappa shape index (κ1) is 19.3. The van der Waals surface area contributed by atoms with E-state index in [4.69, 9.17) is 0 Å². The smallest absolute Gasteiger partial charge is 0.292 e. The molecule has 0 saturated carbocycles. The van der Waals surface area contributed by atoms with Crippen LogP contribution < -0.4 is 5.32 Å². The van der Waals surface area contributed by atoms with Gasteiger partial charge in [0.05, 0.1) is 5.52 Å². The minimum Gasteiger partial charge on any atom is -0.338 e. The highest BCUT2D eigenvalue weighted by atomic mass is 16.2. The third kappa shape index (κ3) is 3.64. The van der Waals surface area contributed by atoms with E-state index in [1.54, 1.807) is 58.0 Å². The van der Waals surface area contributed by atoms with Crippen LogP contribution in [0.3, 0.4) is 0 Å². The molecule has 0 unspecified atom stereocenters. The van der Waals surface area contributed by atoms with Crippen LogP contribution in [0.1, 0.15) is 52.2 Å². The molecule has 0 fully saturated rings. The van der Waals surface area contributed by atoms with Crippen LogP contribution in [0.4, 0.5) is 5.69 Å². The molecule has 0 atom stereocenters. The Kier molecular flexibility index (Phi) is 5.54. The van der Waals surface area contributed by atoms with Crippen molar-refractivity contribution in [3.63, 3.8) is 0 Å². The number of imidazole rings is 1. The number of pyridine rings is 1. The Balaban J connectivity index is 1.95. The van der Waals surface area contributed by atoms with Crippen molar-refractivity contribution < 1.29 is 14.4 Å².